The maximum atomic E-state index is 11.9. The number of hydrogen-bond acceptors (Lipinski definition) is 3. The minimum atomic E-state index is -0.327. The third kappa shape index (κ3) is 3.44. The summed E-state index contributed by atoms with van der Waals surface area (Å²) in [7, 11) is 0. The Morgan fingerprint density at radius 2 is 2.11 bits per heavy atom. The highest BCUT2D eigenvalue weighted by atomic mass is 16.2. The molecule has 2 N–H and O–H groups in total. The van der Waals surface area contributed by atoms with Crippen molar-refractivity contribution in [2.45, 2.75) is 32.7 Å². The zero-order chi connectivity index (χ0) is 13.8. The maximum Gasteiger partial charge on any atom is 0.260 e. The number of nitrogens with one attached hydrogen (secondary N) is 2. The number of carbonyl (C=O) groups excluding carboxylic acids is 1. The molecule has 19 heavy (non-hydrogen) atoms. The lowest BCUT2D eigenvalue weighted by Gasteiger charge is -2.23. The zero-order valence-corrected chi connectivity index (χ0v) is 11.5. The number of H-pyrrole nitrogens is 1. The van der Waals surface area contributed by atoms with Crippen LogP contribution in [0.1, 0.15) is 35.8 Å². The molecule has 1 unspecified atom stereocenters. The van der Waals surface area contributed by atoms with E-state index in [9.17, 15) is 9.59 Å². The van der Waals surface area contributed by atoms with Gasteiger partial charge < -0.3 is 10.3 Å². The molecule has 0 aliphatic carbocycles. The van der Waals surface area contributed by atoms with E-state index in [4.69, 9.17) is 0 Å². The third-order valence-corrected chi connectivity index (χ3v) is 3.62. The molecule has 1 atom stereocenters. The van der Waals surface area contributed by atoms with Crippen molar-refractivity contribution in [1.29, 1.82) is 0 Å². The van der Waals surface area contributed by atoms with Crippen molar-refractivity contribution in [3.8, 4) is 0 Å². The van der Waals surface area contributed by atoms with Crippen LogP contribution < -0.4 is 10.9 Å². The fraction of sp³-hybridized carbons (Fsp3) is 0.571. The van der Waals surface area contributed by atoms with Crippen LogP contribution in [-0.4, -0.2) is 41.5 Å². The van der Waals surface area contributed by atoms with Gasteiger partial charge in [-0.15, -0.1) is 0 Å². The number of aromatic amines is 1. The van der Waals surface area contributed by atoms with Gasteiger partial charge in [0.05, 0.1) is 0 Å². The number of aromatic nitrogens is 1. The number of aryl methyl sites for hydroxylation is 1. The first-order valence-corrected chi connectivity index (χ1v) is 6.80. The van der Waals surface area contributed by atoms with Crippen LogP contribution in [0, 0.1) is 6.92 Å². The van der Waals surface area contributed by atoms with Gasteiger partial charge in [0.25, 0.3) is 11.5 Å². The van der Waals surface area contributed by atoms with Crippen molar-refractivity contribution in [1.82, 2.24) is 15.2 Å². The summed E-state index contributed by atoms with van der Waals surface area (Å²) in [6, 6.07) is 3.63. The molecule has 1 aromatic heterocycles. The van der Waals surface area contributed by atoms with Gasteiger partial charge in [-0.05, 0) is 51.9 Å². The van der Waals surface area contributed by atoms with E-state index in [1.807, 2.05) is 0 Å². The van der Waals surface area contributed by atoms with Crippen LogP contribution in [0.25, 0.3) is 0 Å². The fourth-order valence-corrected chi connectivity index (χ4v) is 2.40. The highest BCUT2D eigenvalue weighted by molar-refractivity contribution is 5.93. The molecule has 1 aromatic rings. The summed E-state index contributed by atoms with van der Waals surface area (Å²) in [6.45, 7) is 6.67. The number of amides is 1. The predicted molar refractivity (Wildman–Crippen MR) is 74.4 cm³/mol. The summed E-state index contributed by atoms with van der Waals surface area (Å²) in [4.78, 5) is 28.6. The molecular weight excluding hydrogens is 242 g/mol. The van der Waals surface area contributed by atoms with Crippen LogP contribution in [-0.2, 0) is 0 Å². The Labute approximate surface area is 113 Å². The zero-order valence-electron chi connectivity index (χ0n) is 11.5. The van der Waals surface area contributed by atoms with Gasteiger partial charge in [-0.2, -0.15) is 0 Å². The molecule has 0 aromatic carbocycles. The Morgan fingerprint density at radius 1 is 1.42 bits per heavy atom. The Bertz CT molecular complexity index is 504. The summed E-state index contributed by atoms with van der Waals surface area (Å²) in [5.74, 6) is -0.299. The van der Waals surface area contributed by atoms with Gasteiger partial charge in [-0.1, -0.05) is 0 Å². The molecule has 0 bridgehead atoms. The number of pyridine rings is 1. The van der Waals surface area contributed by atoms with Gasteiger partial charge in [0.1, 0.15) is 5.56 Å². The smallest absolute Gasteiger partial charge is 0.260 e. The average Bonchev–Trinajstić information content (AvgIpc) is 2.89. The second-order valence-electron chi connectivity index (χ2n) is 5.19. The molecule has 1 saturated heterocycles. The highest BCUT2D eigenvalue weighted by Gasteiger charge is 2.19. The van der Waals surface area contributed by atoms with Gasteiger partial charge in [-0.25, -0.2) is 0 Å². The predicted octanol–water partition coefficient (Wildman–Crippen LogP) is 0.897. The normalized spacial score (nSPS) is 17.4. The lowest BCUT2D eigenvalue weighted by molar-refractivity contribution is 0.0939. The van der Waals surface area contributed by atoms with E-state index in [1.165, 1.54) is 12.8 Å². The Kier molecular flexibility index (Phi) is 4.37. The van der Waals surface area contributed by atoms with Crippen LogP contribution in [0.3, 0.4) is 0 Å². The first-order valence-electron chi connectivity index (χ1n) is 6.80. The molecule has 1 aliphatic rings. The lowest BCUT2D eigenvalue weighted by atomic mass is 10.2. The summed E-state index contributed by atoms with van der Waals surface area (Å²) >= 11 is 0. The molecule has 0 spiro atoms. The van der Waals surface area contributed by atoms with Crippen LogP contribution >= 0.6 is 0 Å². The van der Waals surface area contributed by atoms with E-state index in [-0.39, 0.29) is 17.0 Å². The number of likely N-dealkylation sites (tertiary alicyclic amines) is 1. The SMILES string of the molecule is Cc1ccc(C(=O)NCC(C)N2CCCC2)c(=O)[nH]1. The molecule has 104 valence electrons. The van der Waals surface area contributed by atoms with Crippen molar-refractivity contribution in [3.05, 3.63) is 33.7 Å². The number of hydrogen-bond donors (Lipinski definition) is 2. The minimum absolute atomic E-state index is 0.180. The van der Waals surface area contributed by atoms with E-state index >= 15 is 0 Å². The van der Waals surface area contributed by atoms with Gasteiger partial charge >= 0.3 is 0 Å². The fourth-order valence-electron chi connectivity index (χ4n) is 2.40. The quantitative estimate of drug-likeness (QED) is 0.848. The number of carbonyl (C=O) groups is 1. The molecule has 1 aliphatic heterocycles. The lowest BCUT2D eigenvalue weighted by Crippen LogP contribution is -2.41. The monoisotopic (exact) mass is 263 g/mol. The maximum absolute atomic E-state index is 11.9. The van der Waals surface area contributed by atoms with E-state index < -0.39 is 0 Å². The molecular formula is C14H21N3O2. The molecule has 2 rings (SSSR count). The highest BCUT2D eigenvalue weighted by Crippen LogP contribution is 2.10. The van der Waals surface area contributed by atoms with Crippen LogP contribution in [0.2, 0.25) is 0 Å². The van der Waals surface area contributed by atoms with Gasteiger partial charge in [-0.3, -0.25) is 14.5 Å². The molecule has 2 heterocycles. The first kappa shape index (κ1) is 13.8. The topological polar surface area (TPSA) is 65.2 Å². The summed E-state index contributed by atoms with van der Waals surface area (Å²) in [5.41, 5.74) is 0.609. The summed E-state index contributed by atoms with van der Waals surface area (Å²) in [5, 5.41) is 2.84. The van der Waals surface area contributed by atoms with Crippen molar-refractivity contribution < 1.29 is 4.79 Å². The Morgan fingerprint density at radius 3 is 2.74 bits per heavy atom. The largest absolute Gasteiger partial charge is 0.350 e. The van der Waals surface area contributed by atoms with Crippen LogP contribution in [0.5, 0.6) is 0 Å². The van der Waals surface area contributed by atoms with Crippen molar-refractivity contribution in [3.63, 3.8) is 0 Å². The Balaban J connectivity index is 1.92. The van der Waals surface area contributed by atoms with E-state index in [2.05, 4.69) is 22.1 Å². The molecule has 5 heteroatoms. The van der Waals surface area contributed by atoms with E-state index in [0.717, 1.165) is 18.8 Å². The molecule has 1 fully saturated rings. The van der Waals surface area contributed by atoms with Gasteiger partial charge in [0.15, 0.2) is 0 Å². The van der Waals surface area contributed by atoms with Crippen molar-refractivity contribution in [2.24, 2.45) is 0 Å². The number of nitrogens with zero attached hydrogens (tertiary/aromatic N) is 1. The standard InChI is InChI=1S/C14H21N3O2/c1-10-5-6-12(14(19)16-10)13(18)15-9-11(2)17-7-3-4-8-17/h5-6,11H,3-4,7-9H2,1-2H3,(H,15,18)(H,16,19). The third-order valence-electron chi connectivity index (χ3n) is 3.62. The second-order valence-corrected chi connectivity index (χ2v) is 5.19. The molecule has 1 amide bonds. The van der Waals surface area contributed by atoms with Crippen LogP contribution in [0.4, 0.5) is 0 Å². The van der Waals surface area contributed by atoms with Crippen molar-refractivity contribution >= 4 is 5.91 Å². The van der Waals surface area contributed by atoms with E-state index in [1.54, 1.807) is 19.1 Å². The number of rotatable bonds is 4. The minimum Gasteiger partial charge on any atom is -0.350 e. The van der Waals surface area contributed by atoms with Crippen molar-refractivity contribution in [2.75, 3.05) is 19.6 Å². The van der Waals surface area contributed by atoms with E-state index in [0.29, 0.717) is 12.6 Å². The molecule has 0 saturated carbocycles. The second kappa shape index (κ2) is 6.02. The van der Waals surface area contributed by atoms with Gasteiger partial charge in [0.2, 0.25) is 0 Å². The first-order chi connectivity index (χ1) is 9.08. The van der Waals surface area contributed by atoms with Crippen LogP contribution in [0.15, 0.2) is 16.9 Å². The molecule has 5 nitrogen and oxygen atoms in total. The summed E-state index contributed by atoms with van der Waals surface area (Å²) < 4.78 is 0. The average molecular weight is 263 g/mol. The summed E-state index contributed by atoms with van der Waals surface area (Å²) in [6.07, 6.45) is 2.46. The molecule has 0 radical (unpaired) electrons. The van der Waals surface area contributed by atoms with Gasteiger partial charge in [0, 0.05) is 18.3 Å². The Hall–Kier alpha value is -1.62.